The van der Waals surface area contributed by atoms with Crippen LogP contribution in [0.2, 0.25) is 0 Å². The molecule has 70 heavy (non-hydrogen) atoms. The van der Waals surface area contributed by atoms with Gasteiger partial charge in [-0.1, -0.05) is 93.5 Å². The molecule has 2 aromatic heterocycles. The van der Waals surface area contributed by atoms with Crippen molar-refractivity contribution in [2.45, 2.75) is 129 Å². The van der Waals surface area contributed by atoms with Gasteiger partial charge in [0.15, 0.2) is 18.0 Å². The van der Waals surface area contributed by atoms with Gasteiger partial charge in [0.1, 0.15) is 31.2 Å². The highest BCUT2D eigenvalue weighted by Gasteiger charge is 2.58. The highest BCUT2D eigenvalue weighted by atomic mass is 16.8. The molecule has 3 aliphatic rings. The molecule has 0 spiro atoms. The van der Waals surface area contributed by atoms with Crippen LogP contribution in [0.5, 0.6) is 0 Å². The number of aromatic nitrogens is 2. The second kappa shape index (κ2) is 22.6. The molecule has 1 N–H and O–H groups in total. The minimum Gasteiger partial charge on any atom is -0.493 e. The minimum atomic E-state index is -1.43. The number of likely N-dealkylation sites (N-methyl/N-ethyl adjacent to an activating group) is 1. The zero-order valence-corrected chi connectivity index (χ0v) is 42.4. The third-order valence-corrected chi connectivity index (χ3v) is 14.3. The Morgan fingerprint density at radius 3 is 2.09 bits per heavy atom. The Labute approximate surface area is 411 Å². The van der Waals surface area contributed by atoms with Gasteiger partial charge in [0.25, 0.3) is 0 Å². The van der Waals surface area contributed by atoms with Crippen LogP contribution < -0.4 is 0 Å². The Balaban J connectivity index is 1.30. The van der Waals surface area contributed by atoms with Crippen molar-refractivity contribution in [3.63, 3.8) is 0 Å². The van der Waals surface area contributed by atoms with E-state index >= 15 is 0 Å². The third-order valence-electron chi connectivity index (χ3n) is 14.3. The van der Waals surface area contributed by atoms with Crippen molar-refractivity contribution in [1.82, 2.24) is 14.9 Å². The molecule has 12 atom stereocenters. The molecule has 0 unspecified atom stereocenters. The third kappa shape index (κ3) is 11.2. The number of benzene rings is 2. The monoisotopic (exact) mass is 963 g/mol. The standard InChI is InChI=1S/C55H70N4O11/c1-12-45-55(8)50(69-53(62)70-55)35(4)46(58-65-26-18-22-41-32-57-30-39-20-14-16-24-43(39)41)33(2)28-54(7,63-11)49(68-52-47(60)44(59(9)10)27-34(3)66-52)36(5)48(37(6)51(61)67-45)64-25-17-21-40-31-56-29-38-19-13-15-23-42(38)40/h13-24,29-36,44-45,47,49-50,52,60H,12,25-28H2,1-11H3/b21-17+,22-18+,48-37+,58-46+/t33-,34-,35+,36+,44+,45-,47-,49-,50-,52+,54-,55-/m1/s1. The molecule has 15 heteroatoms. The van der Waals surface area contributed by atoms with E-state index < -0.39 is 71.8 Å². The maximum atomic E-state index is 14.7. The molecule has 15 nitrogen and oxygen atoms in total. The fraction of sp³-hybridized carbons (Fsp3) is 0.509. The van der Waals surface area contributed by atoms with Gasteiger partial charge in [0.05, 0.1) is 29.1 Å². The zero-order valence-electron chi connectivity index (χ0n) is 42.4. The summed E-state index contributed by atoms with van der Waals surface area (Å²) in [6.45, 7) is 15.1. The van der Waals surface area contributed by atoms with Crippen LogP contribution in [-0.4, -0.2) is 126 Å². The number of carbonyl (C=O) groups is 2. The summed E-state index contributed by atoms with van der Waals surface area (Å²) >= 11 is 0. The molecule has 0 bridgehead atoms. The van der Waals surface area contributed by atoms with Crippen LogP contribution in [0.1, 0.15) is 85.8 Å². The quantitative estimate of drug-likeness (QED) is 0.0764. The highest BCUT2D eigenvalue weighted by molar-refractivity contribution is 5.91. The van der Waals surface area contributed by atoms with Crippen molar-refractivity contribution >= 4 is 51.5 Å². The van der Waals surface area contributed by atoms with Crippen molar-refractivity contribution in [2.75, 3.05) is 34.4 Å². The highest BCUT2D eigenvalue weighted by Crippen LogP contribution is 2.43. The van der Waals surface area contributed by atoms with Crippen molar-refractivity contribution in [1.29, 1.82) is 0 Å². The lowest BCUT2D eigenvalue weighted by Crippen LogP contribution is -2.58. The normalized spacial score (nSPS) is 33.1. The van der Waals surface area contributed by atoms with Crippen LogP contribution in [-0.2, 0) is 42.8 Å². The molecule has 0 aliphatic carbocycles. The van der Waals surface area contributed by atoms with Gasteiger partial charge < -0.3 is 48.0 Å². The van der Waals surface area contributed by atoms with Crippen molar-refractivity contribution in [3.8, 4) is 0 Å². The molecular weight excluding hydrogens is 893 g/mol. The number of hydrogen-bond acceptors (Lipinski definition) is 15. The number of rotatable bonds is 13. The smallest absolute Gasteiger partial charge is 0.493 e. The first-order chi connectivity index (χ1) is 33.5. The van der Waals surface area contributed by atoms with Crippen molar-refractivity contribution in [2.24, 2.45) is 22.9 Å². The van der Waals surface area contributed by atoms with Crippen LogP contribution in [0.25, 0.3) is 33.7 Å². The molecule has 0 saturated carbocycles. The van der Waals surface area contributed by atoms with Crippen LogP contribution in [0.4, 0.5) is 4.79 Å². The number of carbonyl (C=O) groups excluding carboxylic acids is 2. The maximum Gasteiger partial charge on any atom is 0.509 e. The van der Waals surface area contributed by atoms with Gasteiger partial charge in [0, 0.05) is 77.6 Å². The van der Waals surface area contributed by atoms with Gasteiger partial charge >= 0.3 is 12.1 Å². The summed E-state index contributed by atoms with van der Waals surface area (Å²) in [5.41, 5.74) is -0.0663. The van der Waals surface area contributed by atoms with Gasteiger partial charge in [-0.15, -0.1) is 0 Å². The van der Waals surface area contributed by atoms with Crippen molar-refractivity contribution in [3.05, 3.63) is 108 Å². The summed E-state index contributed by atoms with van der Waals surface area (Å²) in [4.78, 5) is 44.8. The molecule has 7 rings (SSSR count). The van der Waals surface area contributed by atoms with Gasteiger partial charge in [-0.2, -0.15) is 0 Å². The van der Waals surface area contributed by atoms with E-state index in [1.165, 1.54) is 0 Å². The van der Waals surface area contributed by atoms with E-state index in [1.54, 1.807) is 33.4 Å². The number of ether oxygens (including phenoxy) is 7. The topological polar surface area (TPSA) is 170 Å². The fourth-order valence-electron chi connectivity index (χ4n) is 10.6. The van der Waals surface area contributed by atoms with Gasteiger partial charge in [-0.3, -0.25) is 9.97 Å². The Kier molecular flexibility index (Phi) is 16.8. The molecule has 5 heterocycles. The average molecular weight is 963 g/mol. The molecule has 4 aromatic rings. The molecule has 3 aliphatic heterocycles. The number of oxime groups is 1. The lowest BCUT2D eigenvalue weighted by Gasteiger charge is -2.47. The summed E-state index contributed by atoms with van der Waals surface area (Å²) in [6, 6.07) is 15.7. The Bertz CT molecular complexity index is 2590. The molecule has 2 aromatic carbocycles. The number of aliphatic hydroxyl groups is 1. The number of nitrogens with zero attached hydrogens (tertiary/aromatic N) is 4. The summed E-state index contributed by atoms with van der Waals surface area (Å²) in [5.74, 6) is -2.16. The van der Waals surface area contributed by atoms with Crippen LogP contribution in [0.3, 0.4) is 0 Å². The molecule has 0 radical (unpaired) electrons. The van der Waals surface area contributed by atoms with Crippen LogP contribution >= 0.6 is 0 Å². The number of aliphatic hydroxyl groups excluding tert-OH is 1. The first-order valence-corrected chi connectivity index (χ1v) is 24.3. The average Bonchev–Trinajstić information content (AvgIpc) is 3.67. The molecule has 2 saturated heterocycles. The predicted molar refractivity (Wildman–Crippen MR) is 268 cm³/mol. The van der Waals surface area contributed by atoms with Crippen molar-refractivity contribution < 1.29 is 52.7 Å². The second-order valence-electron chi connectivity index (χ2n) is 19.5. The fourth-order valence-corrected chi connectivity index (χ4v) is 10.6. The molecule has 376 valence electrons. The van der Waals surface area contributed by atoms with E-state index in [-0.39, 0.29) is 49.5 Å². The van der Waals surface area contributed by atoms with Crippen LogP contribution in [0, 0.1) is 17.8 Å². The van der Waals surface area contributed by atoms with E-state index in [0.717, 1.165) is 32.7 Å². The van der Waals surface area contributed by atoms with Gasteiger partial charge in [-0.25, -0.2) is 9.59 Å². The Morgan fingerprint density at radius 1 is 0.871 bits per heavy atom. The molecule has 2 fully saturated rings. The van der Waals surface area contributed by atoms with E-state index in [9.17, 15) is 14.7 Å². The summed E-state index contributed by atoms with van der Waals surface area (Å²) in [6.07, 6.45) is 9.92. The number of fused-ring (bicyclic) bond motifs is 3. The first kappa shape index (κ1) is 52.1. The molecule has 0 amide bonds. The van der Waals surface area contributed by atoms with E-state index in [4.69, 9.17) is 43.2 Å². The van der Waals surface area contributed by atoms with E-state index in [0.29, 0.717) is 12.1 Å². The maximum absolute atomic E-state index is 14.7. The number of methoxy groups -OCH3 is 1. The first-order valence-electron chi connectivity index (χ1n) is 24.3. The lowest BCUT2D eigenvalue weighted by molar-refractivity contribution is -0.296. The SMILES string of the molecule is CC[C@H]1OC(=O)/C(C)=C(/OC/C=C/c2cncc3ccccc23)[C@H](C)[C@@H](O[C@@H]2O[C@H](C)C[C@H](N(C)C)[C@H]2O)[C@](C)(OC)C[C@@H](C)/C(=N\OC/C=C/c2cncc3ccccc23)[C@H](C)[C@H]2OC(=O)O[C@@]21C. The summed E-state index contributed by atoms with van der Waals surface area (Å²) in [5, 5.41) is 20.8. The lowest BCUT2D eigenvalue weighted by atomic mass is 9.74. The predicted octanol–water partition coefficient (Wildman–Crippen LogP) is 9.32. The second-order valence-corrected chi connectivity index (χ2v) is 19.5. The van der Waals surface area contributed by atoms with E-state index in [1.807, 2.05) is 146 Å². The van der Waals surface area contributed by atoms with E-state index in [2.05, 4.69) is 9.97 Å². The number of pyridine rings is 2. The van der Waals surface area contributed by atoms with Crippen LogP contribution in [0.15, 0.2) is 102 Å². The van der Waals surface area contributed by atoms with Gasteiger partial charge in [0.2, 0.25) is 0 Å². The summed E-state index contributed by atoms with van der Waals surface area (Å²) < 4.78 is 45.1. The number of hydrogen-bond donors (Lipinski definition) is 1. The number of cyclic esters (lactones) is 1. The summed E-state index contributed by atoms with van der Waals surface area (Å²) in [7, 11) is 5.44. The Morgan fingerprint density at radius 2 is 1.49 bits per heavy atom. The minimum absolute atomic E-state index is 0.0577. The molecular formula is C55H70N4O11. The number of esters is 1. The Hall–Kier alpha value is -5.71. The van der Waals surface area contributed by atoms with Gasteiger partial charge in [-0.05, 0) is 84.0 Å². The largest absolute Gasteiger partial charge is 0.509 e. The zero-order chi connectivity index (χ0) is 50.3.